The summed E-state index contributed by atoms with van der Waals surface area (Å²) in [6.45, 7) is 1.42. The average Bonchev–Trinajstić information content (AvgIpc) is 2.73. The smallest absolute Gasteiger partial charge is 0.264 e. The molecule has 0 saturated heterocycles. The number of aryl methyl sites for hydroxylation is 1. The summed E-state index contributed by atoms with van der Waals surface area (Å²) < 4.78 is 32.8. The number of hydrogen-bond acceptors (Lipinski definition) is 4. The zero-order chi connectivity index (χ0) is 22.6. The zero-order valence-corrected chi connectivity index (χ0v) is 19.1. The Morgan fingerprint density at radius 2 is 1.65 bits per heavy atom. The Labute approximate surface area is 191 Å². The Morgan fingerprint density at radius 1 is 1.00 bits per heavy atom. The van der Waals surface area contributed by atoms with Gasteiger partial charge in [0.05, 0.1) is 22.7 Å². The number of ether oxygens (including phenoxy) is 1. The van der Waals surface area contributed by atoms with Crippen LogP contribution in [-0.2, 0) is 14.8 Å². The number of amides is 1. The molecule has 3 aromatic rings. The van der Waals surface area contributed by atoms with Crippen LogP contribution in [0.15, 0.2) is 71.6 Å². The largest absolute Gasteiger partial charge is 0.495 e. The van der Waals surface area contributed by atoms with Crippen LogP contribution in [0, 0.1) is 6.92 Å². The first-order chi connectivity index (χ1) is 14.7. The van der Waals surface area contributed by atoms with Crippen LogP contribution in [-0.4, -0.2) is 28.0 Å². The van der Waals surface area contributed by atoms with Crippen LogP contribution >= 0.6 is 23.2 Å². The fraction of sp³-hybridized carbons (Fsp3) is 0.136. The molecular formula is C22H20Cl2N2O4S. The number of halogens is 2. The fourth-order valence-corrected chi connectivity index (χ4v) is 4.64. The molecule has 0 aliphatic carbocycles. The number of hydrogen-bond donors (Lipinski definition) is 1. The third-order valence-corrected chi connectivity index (χ3v) is 6.78. The number of benzene rings is 3. The molecule has 0 fully saturated rings. The van der Waals surface area contributed by atoms with Gasteiger partial charge in [-0.2, -0.15) is 0 Å². The molecule has 0 aliphatic heterocycles. The number of carbonyl (C=O) groups is 1. The molecule has 0 bridgehead atoms. The number of methoxy groups -OCH3 is 1. The van der Waals surface area contributed by atoms with Crippen LogP contribution in [0.3, 0.4) is 0 Å². The Balaban J connectivity index is 1.91. The summed E-state index contributed by atoms with van der Waals surface area (Å²) in [6, 6.07) is 17.4. The Morgan fingerprint density at radius 3 is 2.23 bits per heavy atom. The van der Waals surface area contributed by atoms with Gasteiger partial charge in [0.2, 0.25) is 5.91 Å². The lowest BCUT2D eigenvalue weighted by Gasteiger charge is -2.24. The van der Waals surface area contributed by atoms with Gasteiger partial charge in [-0.05, 0) is 61.5 Å². The van der Waals surface area contributed by atoms with Crippen LogP contribution in [0.2, 0.25) is 10.0 Å². The predicted octanol–water partition coefficient (Wildman–Crippen LogP) is 5.14. The summed E-state index contributed by atoms with van der Waals surface area (Å²) in [5.41, 5.74) is 1.65. The Hall–Kier alpha value is -2.74. The van der Waals surface area contributed by atoms with Crippen LogP contribution in [0.25, 0.3) is 0 Å². The third-order valence-electron chi connectivity index (χ3n) is 4.45. The molecule has 0 radical (unpaired) electrons. The van der Waals surface area contributed by atoms with E-state index in [0.29, 0.717) is 27.2 Å². The van der Waals surface area contributed by atoms with E-state index in [1.807, 2.05) is 6.92 Å². The summed E-state index contributed by atoms with van der Waals surface area (Å²) in [4.78, 5) is 12.8. The van der Waals surface area contributed by atoms with E-state index in [9.17, 15) is 13.2 Å². The van der Waals surface area contributed by atoms with Gasteiger partial charge >= 0.3 is 0 Å². The summed E-state index contributed by atoms with van der Waals surface area (Å²) in [6.07, 6.45) is 0. The van der Waals surface area contributed by atoms with Gasteiger partial charge in [-0.15, -0.1) is 0 Å². The molecule has 0 atom stereocenters. The molecule has 0 unspecified atom stereocenters. The normalized spacial score (nSPS) is 11.1. The quantitative estimate of drug-likeness (QED) is 0.509. The van der Waals surface area contributed by atoms with Crippen molar-refractivity contribution in [1.82, 2.24) is 0 Å². The van der Waals surface area contributed by atoms with Gasteiger partial charge in [-0.3, -0.25) is 9.10 Å². The molecule has 1 amide bonds. The Bertz CT molecular complexity index is 1180. The molecule has 3 aromatic carbocycles. The lowest BCUT2D eigenvalue weighted by molar-refractivity contribution is -0.114. The van der Waals surface area contributed by atoms with Gasteiger partial charge in [-0.1, -0.05) is 40.9 Å². The first kappa shape index (κ1) is 22.9. The van der Waals surface area contributed by atoms with Crippen LogP contribution < -0.4 is 14.4 Å². The molecule has 1 N–H and O–H groups in total. The summed E-state index contributed by atoms with van der Waals surface area (Å²) in [5.74, 6) is -0.0729. The van der Waals surface area contributed by atoms with Gasteiger partial charge in [0.1, 0.15) is 12.3 Å². The van der Waals surface area contributed by atoms with Crippen molar-refractivity contribution in [2.24, 2.45) is 0 Å². The van der Waals surface area contributed by atoms with E-state index in [-0.39, 0.29) is 4.90 Å². The van der Waals surface area contributed by atoms with Crippen molar-refractivity contribution in [3.8, 4) is 5.75 Å². The van der Waals surface area contributed by atoms with Gasteiger partial charge in [0.25, 0.3) is 10.0 Å². The number of nitrogens with zero attached hydrogens (tertiary/aromatic N) is 1. The number of sulfonamides is 1. The van der Waals surface area contributed by atoms with Crippen LogP contribution in [0.5, 0.6) is 5.75 Å². The van der Waals surface area contributed by atoms with Crippen molar-refractivity contribution in [1.29, 1.82) is 0 Å². The molecule has 0 spiro atoms. The summed E-state index contributed by atoms with van der Waals surface area (Å²) in [5, 5.41) is 3.44. The van der Waals surface area contributed by atoms with E-state index in [4.69, 9.17) is 27.9 Å². The Kier molecular flexibility index (Phi) is 7.10. The maximum Gasteiger partial charge on any atom is 0.264 e. The molecule has 9 heteroatoms. The minimum atomic E-state index is -4.01. The zero-order valence-electron chi connectivity index (χ0n) is 16.8. The van der Waals surface area contributed by atoms with E-state index in [2.05, 4.69) is 5.32 Å². The third kappa shape index (κ3) is 5.50. The summed E-state index contributed by atoms with van der Waals surface area (Å²) >= 11 is 12.0. The van der Waals surface area contributed by atoms with E-state index in [0.717, 1.165) is 9.87 Å². The van der Waals surface area contributed by atoms with E-state index in [1.165, 1.54) is 25.3 Å². The second-order valence-corrected chi connectivity index (χ2v) is 9.40. The van der Waals surface area contributed by atoms with Crippen LogP contribution in [0.4, 0.5) is 11.4 Å². The van der Waals surface area contributed by atoms with E-state index < -0.39 is 22.5 Å². The van der Waals surface area contributed by atoms with Crippen molar-refractivity contribution in [3.05, 3.63) is 82.3 Å². The predicted molar refractivity (Wildman–Crippen MR) is 124 cm³/mol. The van der Waals surface area contributed by atoms with Crippen molar-refractivity contribution >= 4 is 50.5 Å². The standard InChI is InChI=1S/C22H20Cl2N2O4S/c1-15-3-10-19(11-4-15)31(28,29)26(18-8-5-16(23)6-9-18)14-22(27)25-17-7-12-21(30-2)20(24)13-17/h3-13H,14H2,1-2H3,(H,25,27). The lowest BCUT2D eigenvalue weighted by atomic mass is 10.2. The number of carbonyl (C=O) groups excluding carboxylic acids is 1. The second-order valence-electron chi connectivity index (χ2n) is 6.70. The van der Waals surface area contributed by atoms with E-state index in [1.54, 1.807) is 48.5 Å². The van der Waals surface area contributed by atoms with Crippen molar-refractivity contribution < 1.29 is 17.9 Å². The van der Waals surface area contributed by atoms with Crippen molar-refractivity contribution in [2.75, 3.05) is 23.3 Å². The van der Waals surface area contributed by atoms with Crippen molar-refractivity contribution in [3.63, 3.8) is 0 Å². The lowest BCUT2D eigenvalue weighted by Crippen LogP contribution is -2.38. The molecule has 3 rings (SSSR count). The minimum absolute atomic E-state index is 0.0772. The topological polar surface area (TPSA) is 75.7 Å². The minimum Gasteiger partial charge on any atom is -0.495 e. The van der Waals surface area contributed by atoms with Gasteiger partial charge in [0, 0.05) is 10.7 Å². The molecule has 0 heterocycles. The molecule has 162 valence electrons. The van der Waals surface area contributed by atoms with Gasteiger partial charge < -0.3 is 10.1 Å². The highest BCUT2D eigenvalue weighted by atomic mass is 35.5. The monoisotopic (exact) mass is 478 g/mol. The van der Waals surface area contributed by atoms with Crippen LogP contribution in [0.1, 0.15) is 5.56 Å². The van der Waals surface area contributed by atoms with Crippen molar-refractivity contribution in [2.45, 2.75) is 11.8 Å². The molecular weight excluding hydrogens is 459 g/mol. The highest BCUT2D eigenvalue weighted by Gasteiger charge is 2.27. The maximum absolute atomic E-state index is 13.3. The number of anilines is 2. The van der Waals surface area contributed by atoms with Gasteiger partial charge in [-0.25, -0.2) is 8.42 Å². The fourth-order valence-electron chi connectivity index (χ4n) is 2.83. The number of nitrogens with one attached hydrogen (secondary N) is 1. The highest BCUT2D eigenvalue weighted by Crippen LogP contribution is 2.28. The maximum atomic E-state index is 13.3. The van der Waals surface area contributed by atoms with Gasteiger partial charge in [0.15, 0.2) is 0 Å². The molecule has 0 aliphatic rings. The molecule has 31 heavy (non-hydrogen) atoms. The first-order valence-corrected chi connectivity index (χ1v) is 11.4. The number of rotatable bonds is 7. The second kappa shape index (κ2) is 9.60. The average molecular weight is 479 g/mol. The summed E-state index contributed by atoms with van der Waals surface area (Å²) in [7, 11) is -2.52. The molecule has 0 saturated carbocycles. The highest BCUT2D eigenvalue weighted by molar-refractivity contribution is 7.92. The SMILES string of the molecule is COc1ccc(NC(=O)CN(c2ccc(Cl)cc2)S(=O)(=O)c2ccc(C)cc2)cc1Cl. The molecule has 6 nitrogen and oxygen atoms in total. The van der Waals surface area contributed by atoms with E-state index >= 15 is 0 Å². The molecule has 0 aromatic heterocycles. The first-order valence-electron chi connectivity index (χ1n) is 9.19.